The first-order valence-electron chi connectivity index (χ1n) is 2.10. The van der Waals surface area contributed by atoms with Gasteiger partial charge in [0.2, 0.25) is 5.82 Å². The van der Waals surface area contributed by atoms with Gasteiger partial charge >= 0.3 is 27.3 Å². The van der Waals surface area contributed by atoms with Crippen molar-refractivity contribution < 1.29 is 0 Å². The molecule has 3 nitrogen and oxygen atoms in total. The monoisotopic (exact) mass is 315 g/mol. The van der Waals surface area contributed by atoms with Crippen LogP contribution >= 0.6 is 0 Å². The molecule has 4 heteroatoms. The molecule has 1 heterocycles. The zero-order chi connectivity index (χ0) is 5.82. The molecular formula is C5H5N3Pb. The first kappa shape index (κ1) is 8.49. The molecule has 0 atom stereocenters. The fourth-order valence-electron chi connectivity index (χ4n) is 0.357. The topological polar surface area (TPSA) is 49.6 Å². The van der Waals surface area contributed by atoms with E-state index in [2.05, 4.69) is 9.97 Å². The molecule has 1 rings (SSSR count). The Kier molecular flexibility index (Phi) is 4.13. The van der Waals surface area contributed by atoms with Crippen molar-refractivity contribution in [1.29, 1.82) is 5.26 Å². The number of nitrogens with zero attached hydrogens (tertiary/aromatic N) is 3. The molecule has 0 N–H and O–H groups in total. The Morgan fingerprint density at radius 3 is 2.22 bits per heavy atom. The predicted octanol–water partition coefficient (Wildman–Crippen LogP) is -0.568. The van der Waals surface area contributed by atoms with Crippen molar-refractivity contribution in [3.8, 4) is 6.07 Å². The number of hydrogen-bond acceptors (Lipinski definition) is 3. The third-order valence-electron chi connectivity index (χ3n) is 0.666. The van der Waals surface area contributed by atoms with Gasteiger partial charge in [-0.25, -0.2) is 9.97 Å². The molecule has 2 radical (unpaired) electrons. The summed E-state index contributed by atoms with van der Waals surface area (Å²) in [6.45, 7) is 0. The summed E-state index contributed by atoms with van der Waals surface area (Å²) in [5.41, 5.74) is 0. The number of hydrogen-bond donors (Lipinski definition) is 0. The van der Waals surface area contributed by atoms with Crippen molar-refractivity contribution in [2.24, 2.45) is 0 Å². The summed E-state index contributed by atoms with van der Waals surface area (Å²) in [7, 11) is 0. The molecule has 0 amide bonds. The van der Waals surface area contributed by atoms with Gasteiger partial charge in [-0.1, -0.05) is 0 Å². The van der Waals surface area contributed by atoms with E-state index in [9.17, 15) is 0 Å². The standard InChI is InChI=1S/C5H3N3.Pb.2H/c6-4-5-7-2-1-3-8-5;;;/h1-3H;;;. The average Bonchev–Trinajstić information content (AvgIpc) is 1.90. The van der Waals surface area contributed by atoms with E-state index in [0.717, 1.165) is 0 Å². The van der Waals surface area contributed by atoms with Gasteiger partial charge in [-0.05, 0) is 6.07 Å². The number of aromatic nitrogens is 2. The van der Waals surface area contributed by atoms with Gasteiger partial charge in [0.1, 0.15) is 6.07 Å². The molecule has 0 spiro atoms. The molecule has 44 valence electrons. The molecule has 0 unspecified atom stereocenters. The maximum absolute atomic E-state index is 8.16. The van der Waals surface area contributed by atoms with Crippen molar-refractivity contribution in [2.45, 2.75) is 0 Å². The second-order valence-electron chi connectivity index (χ2n) is 1.18. The minimum atomic E-state index is 0. The summed E-state index contributed by atoms with van der Waals surface area (Å²) in [5.74, 6) is 0.215. The summed E-state index contributed by atoms with van der Waals surface area (Å²) >= 11 is 0. The van der Waals surface area contributed by atoms with Crippen LogP contribution < -0.4 is 0 Å². The first-order valence-corrected chi connectivity index (χ1v) is 2.10. The quantitative estimate of drug-likeness (QED) is 0.603. The molecule has 1 aromatic heterocycles. The van der Waals surface area contributed by atoms with Gasteiger partial charge in [-0.3, -0.25) is 0 Å². The molecule has 0 bridgehead atoms. The van der Waals surface area contributed by atoms with Gasteiger partial charge in [0.15, 0.2) is 0 Å². The average molecular weight is 314 g/mol. The summed E-state index contributed by atoms with van der Waals surface area (Å²) < 4.78 is 0. The van der Waals surface area contributed by atoms with E-state index in [4.69, 9.17) is 5.26 Å². The Morgan fingerprint density at radius 1 is 1.33 bits per heavy atom. The third kappa shape index (κ3) is 2.51. The van der Waals surface area contributed by atoms with Crippen molar-refractivity contribution in [1.82, 2.24) is 9.97 Å². The summed E-state index contributed by atoms with van der Waals surface area (Å²) in [6.07, 6.45) is 3.07. The van der Waals surface area contributed by atoms with Crippen LogP contribution in [-0.2, 0) is 0 Å². The van der Waals surface area contributed by atoms with Crippen molar-refractivity contribution in [3.05, 3.63) is 24.3 Å². The van der Waals surface area contributed by atoms with Crippen LogP contribution in [0.4, 0.5) is 0 Å². The second kappa shape index (κ2) is 4.38. The van der Waals surface area contributed by atoms with Gasteiger partial charge in [-0.15, -0.1) is 0 Å². The van der Waals surface area contributed by atoms with Crippen LogP contribution in [0.15, 0.2) is 18.5 Å². The van der Waals surface area contributed by atoms with Gasteiger partial charge in [0.25, 0.3) is 0 Å². The molecular weight excluding hydrogens is 309 g/mol. The first-order chi connectivity index (χ1) is 3.93. The maximum atomic E-state index is 8.16. The van der Waals surface area contributed by atoms with E-state index in [-0.39, 0.29) is 33.1 Å². The third-order valence-corrected chi connectivity index (χ3v) is 0.666. The fourth-order valence-corrected chi connectivity index (χ4v) is 0.357. The molecule has 0 aliphatic rings. The van der Waals surface area contributed by atoms with E-state index < -0.39 is 0 Å². The molecule has 1 aromatic rings. The molecule has 0 aliphatic heterocycles. The Morgan fingerprint density at radius 2 is 1.89 bits per heavy atom. The molecule has 0 aliphatic carbocycles. The van der Waals surface area contributed by atoms with Crippen LogP contribution in [0.3, 0.4) is 0 Å². The van der Waals surface area contributed by atoms with E-state index >= 15 is 0 Å². The van der Waals surface area contributed by atoms with Gasteiger partial charge in [0.05, 0.1) is 0 Å². The van der Waals surface area contributed by atoms with Gasteiger partial charge in [-0.2, -0.15) is 5.26 Å². The van der Waals surface area contributed by atoms with Crippen LogP contribution in [0.25, 0.3) is 0 Å². The summed E-state index contributed by atoms with van der Waals surface area (Å²) in [6, 6.07) is 3.47. The van der Waals surface area contributed by atoms with E-state index in [1.807, 2.05) is 0 Å². The Balaban J connectivity index is 0.000000640. The number of nitriles is 1. The van der Waals surface area contributed by atoms with E-state index in [0.29, 0.717) is 0 Å². The van der Waals surface area contributed by atoms with E-state index in [1.165, 1.54) is 12.4 Å². The van der Waals surface area contributed by atoms with Gasteiger partial charge < -0.3 is 0 Å². The van der Waals surface area contributed by atoms with E-state index in [1.54, 1.807) is 12.1 Å². The van der Waals surface area contributed by atoms with Crippen LogP contribution in [0, 0.1) is 11.3 Å². The normalized spacial score (nSPS) is 7.00. The minimum absolute atomic E-state index is 0. The molecule has 0 aromatic carbocycles. The van der Waals surface area contributed by atoms with Crippen molar-refractivity contribution in [3.63, 3.8) is 0 Å². The second-order valence-corrected chi connectivity index (χ2v) is 1.18. The Labute approximate surface area is 72.9 Å². The number of rotatable bonds is 0. The Hall–Kier alpha value is -0.508. The van der Waals surface area contributed by atoms with Crippen LogP contribution in [0.2, 0.25) is 0 Å². The SMILES string of the molecule is N#Cc1ncccn1.[PbH2]. The van der Waals surface area contributed by atoms with Crippen molar-refractivity contribution >= 4 is 27.3 Å². The van der Waals surface area contributed by atoms with Gasteiger partial charge in [0, 0.05) is 12.4 Å². The van der Waals surface area contributed by atoms with Crippen molar-refractivity contribution in [2.75, 3.05) is 0 Å². The zero-order valence-electron chi connectivity index (χ0n) is 4.78. The molecule has 0 saturated heterocycles. The summed E-state index contributed by atoms with van der Waals surface area (Å²) in [5, 5.41) is 8.16. The van der Waals surface area contributed by atoms with Crippen LogP contribution in [0.1, 0.15) is 5.82 Å². The fraction of sp³-hybridized carbons (Fsp3) is 0. The molecule has 9 heavy (non-hydrogen) atoms. The summed E-state index contributed by atoms with van der Waals surface area (Å²) in [4.78, 5) is 7.25. The van der Waals surface area contributed by atoms with Crippen LogP contribution in [-0.4, -0.2) is 37.3 Å². The molecule has 0 fully saturated rings. The zero-order valence-corrected chi connectivity index (χ0v) is 10.3. The predicted molar refractivity (Wildman–Crippen MR) is 35.3 cm³/mol. The molecule has 0 saturated carbocycles. The Bertz CT molecular complexity index is 203. The van der Waals surface area contributed by atoms with Crippen LogP contribution in [0.5, 0.6) is 0 Å².